The molecule has 0 radical (unpaired) electrons. The Morgan fingerprint density at radius 2 is 1.08 bits per heavy atom. The molecule has 0 aromatic heterocycles. The Hall–Kier alpha value is -5.58. The van der Waals surface area contributed by atoms with Crippen molar-refractivity contribution in [1.29, 1.82) is 0 Å². The third kappa shape index (κ3) is 4.17. The number of aryl methyl sites for hydroxylation is 1. The Kier molecular flexibility index (Phi) is 6.50. The fraction of sp³-hybridized carbons (Fsp3) is 0.106. The van der Waals surface area contributed by atoms with Crippen LogP contribution in [0, 0.1) is 6.92 Å². The highest BCUT2D eigenvalue weighted by Crippen LogP contribution is 2.47. The van der Waals surface area contributed by atoms with Crippen LogP contribution in [0.2, 0.25) is 0 Å². The van der Waals surface area contributed by atoms with Crippen molar-refractivity contribution in [1.82, 2.24) is 0 Å². The van der Waals surface area contributed by atoms with E-state index in [4.69, 9.17) is 0 Å². The summed E-state index contributed by atoms with van der Waals surface area (Å²) < 4.78 is 0. The van der Waals surface area contributed by atoms with Crippen LogP contribution in [0.1, 0.15) is 31.9 Å². The Morgan fingerprint density at radius 3 is 1.75 bits per heavy atom. The largest absolute Gasteiger partial charge is 0.312 e. The van der Waals surface area contributed by atoms with E-state index in [0.717, 1.165) is 0 Å². The molecular weight excluding hydrogens is 631 g/mol. The van der Waals surface area contributed by atoms with Gasteiger partial charge in [0.1, 0.15) is 0 Å². The minimum Gasteiger partial charge on any atom is -0.312 e. The number of hydrogen-bond acceptors (Lipinski definition) is 2. The molecular formula is C47H39BN2Si. The average Bonchev–Trinajstić information content (AvgIpc) is 3.16. The lowest BCUT2D eigenvalue weighted by molar-refractivity contribution is 0.590. The summed E-state index contributed by atoms with van der Waals surface area (Å²) in [7, 11) is -2.76. The fourth-order valence-electron chi connectivity index (χ4n) is 9.29. The number of rotatable bonds is 3. The van der Waals surface area contributed by atoms with Crippen LogP contribution in [-0.4, -0.2) is 14.8 Å². The van der Waals surface area contributed by atoms with E-state index in [-0.39, 0.29) is 12.1 Å². The minimum atomic E-state index is -2.76. The van der Waals surface area contributed by atoms with Crippen molar-refractivity contribution in [2.24, 2.45) is 0 Å². The van der Waals surface area contributed by atoms with Crippen LogP contribution < -0.4 is 46.9 Å². The van der Waals surface area contributed by atoms with E-state index in [2.05, 4.69) is 201 Å². The number of para-hydroxylation sites is 3. The van der Waals surface area contributed by atoms with Crippen molar-refractivity contribution in [3.8, 4) is 0 Å². The Labute approximate surface area is 302 Å². The molecule has 0 N–H and O–H groups in total. The van der Waals surface area contributed by atoms with Gasteiger partial charge in [0.25, 0.3) is 6.71 Å². The summed E-state index contributed by atoms with van der Waals surface area (Å²) in [6.07, 6.45) is 0. The zero-order chi connectivity index (χ0) is 34.5. The first-order valence-corrected chi connectivity index (χ1v) is 20.2. The maximum atomic E-state index is 2.66. The van der Waals surface area contributed by atoms with Crippen LogP contribution in [0.3, 0.4) is 0 Å². The van der Waals surface area contributed by atoms with Crippen molar-refractivity contribution in [3.63, 3.8) is 0 Å². The maximum Gasteiger partial charge on any atom is 0.252 e. The fourth-order valence-corrected chi connectivity index (χ4v) is 14.4. The van der Waals surface area contributed by atoms with Crippen LogP contribution >= 0.6 is 0 Å². The number of benzene rings is 7. The van der Waals surface area contributed by atoms with Gasteiger partial charge in [-0.15, -0.1) is 0 Å². The van der Waals surface area contributed by atoms with Gasteiger partial charge in [-0.2, -0.15) is 0 Å². The van der Waals surface area contributed by atoms with Gasteiger partial charge >= 0.3 is 0 Å². The summed E-state index contributed by atoms with van der Waals surface area (Å²) in [6.45, 7) is 9.36. The first-order valence-electron chi connectivity index (χ1n) is 18.2. The van der Waals surface area contributed by atoms with Gasteiger partial charge in [-0.1, -0.05) is 148 Å². The average molecular weight is 671 g/mol. The van der Waals surface area contributed by atoms with Crippen LogP contribution in [0.5, 0.6) is 0 Å². The standard InChI is InChI=1S/C47H39BN2Si/c1-32-27-28-37-40(29-32)49(34-17-8-5-9-18-34)41-30-33(47(2,3)4)31-42-45(41)48(37)38-23-16-26-44-46(38)50(42)39-24-14-15-25-43(39)51(44,35-19-10-6-11-20-35)36-21-12-7-13-22-36/h5-31H,1-4H3. The highest BCUT2D eigenvalue weighted by Gasteiger charge is 2.53. The molecule has 0 unspecified atom stereocenters. The monoisotopic (exact) mass is 670 g/mol. The van der Waals surface area contributed by atoms with Gasteiger partial charge in [0, 0.05) is 34.1 Å². The molecule has 10 rings (SSSR count). The summed E-state index contributed by atoms with van der Waals surface area (Å²) in [5.41, 5.74) is 14.4. The molecule has 3 aliphatic heterocycles. The molecule has 7 aromatic carbocycles. The minimum absolute atomic E-state index is 0.0576. The molecule has 0 saturated heterocycles. The lowest BCUT2D eigenvalue weighted by atomic mass is 9.33. The summed E-state index contributed by atoms with van der Waals surface area (Å²) in [5.74, 6) is 0. The van der Waals surface area contributed by atoms with Gasteiger partial charge < -0.3 is 9.80 Å². The van der Waals surface area contributed by atoms with Gasteiger partial charge in [-0.25, -0.2) is 0 Å². The van der Waals surface area contributed by atoms with E-state index < -0.39 is 8.07 Å². The molecule has 2 nitrogen and oxygen atoms in total. The van der Waals surface area contributed by atoms with Crippen molar-refractivity contribution in [2.45, 2.75) is 33.1 Å². The predicted molar refractivity (Wildman–Crippen MR) is 221 cm³/mol. The Balaban J connectivity index is 1.39. The van der Waals surface area contributed by atoms with Gasteiger partial charge in [0.15, 0.2) is 8.07 Å². The highest BCUT2D eigenvalue weighted by molar-refractivity contribution is 7.22. The summed E-state index contributed by atoms with van der Waals surface area (Å²) >= 11 is 0. The van der Waals surface area contributed by atoms with E-state index in [0.29, 0.717) is 0 Å². The van der Waals surface area contributed by atoms with Gasteiger partial charge in [-0.3, -0.25) is 0 Å². The lowest BCUT2D eigenvalue weighted by Gasteiger charge is -2.51. The van der Waals surface area contributed by atoms with Crippen molar-refractivity contribution in [3.05, 3.63) is 175 Å². The number of fused-ring (bicyclic) bond motifs is 6. The van der Waals surface area contributed by atoms with Crippen LogP contribution in [0.25, 0.3) is 0 Å². The quantitative estimate of drug-likeness (QED) is 0.186. The van der Waals surface area contributed by atoms with Gasteiger partial charge in [-0.05, 0) is 97.0 Å². The maximum absolute atomic E-state index is 2.76. The van der Waals surface area contributed by atoms with Crippen molar-refractivity contribution >= 4 is 86.0 Å². The van der Waals surface area contributed by atoms with Gasteiger partial charge in [0.2, 0.25) is 0 Å². The molecule has 7 aromatic rings. The van der Waals surface area contributed by atoms with E-state index in [9.17, 15) is 0 Å². The molecule has 0 aliphatic carbocycles. The second kappa shape index (κ2) is 11.0. The molecule has 0 fully saturated rings. The number of hydrogen-bond donors (Lipinski definition) is 0. The SMILES string of the molecule is Cc1ccc2c(c1)N(c1ccccc1)c1cc(C(C)(C)C)cc3c1B2c1cccc2c1N3c1ccccc1[Si]2(c1ccccc1)c1ccccc1. The lowest BCUT2D eigenvalue weighted by Crippen LogP contribution is -2.79. The second-order valence-electron chi connectivity index (χ2n) is 15.4. The zero-order valence-corrected chi connectivity index (χ0v) is 30.6. The third-order valence-corrected chi connectivity index (χ3v) is 16.3. The first kappa shape index (κ1) is 30.3. The summed E-state index contributed by atoms with van der Waals surface area (Å²) in [5, 5.41) is 5.74. The number of anilines is 6. The Morgan fingerprint density at radius 1 is 0.490 bits per heavy atom. The zero-order valence-electron chi connectivity index (χ0n) is 29.6. The molecule has 244 valence electrons. The van der Waals surface area contributed by atoms with E-state index in [1.54, 1.807) is 0 Å². The van der Waals surface area contributed by atoms with Crippen LogP contribution in [0.15, 0.2) is 164 Å². The highest BCUT2D eigenvalue weighted by atomic mass is 28.3. The summed E-state index contributed by atoms with van der Waals surface area (Å²) in [6, 6.07) is 62.4. The molecule has 51 heavy (non-hydrogen) atoms. The van der Waals surface area contributed by atoms with Gasteiger partial charge in [0.05, 0.1) is 0 Å². The van der Waals surface area contributed by atoms with E-state index in [1.165, 1.54) is 82.4 Å². The first-order chi connectivity index (χ1) is 24.9. The molecule has 3 heterocycles. The predicted octanol–water partition coefficient (Wildman–Crippen LogP) is 7.07. The molecule has 0 bridgehead atoms. The topological polar surface area (TPSA) is 6.48 Å². The van der Waals surface area contributed by atoms with Crippen molar-refractivity contribution in [2.75, 3.05) is 9.80 Å². The molecule has 4 heteroatoms. The normalized spacial score (nSPS) is 14.7. The Bertz CT molecular complexity index is 2450. The number of nitrogens with zero attached hydrogens (tertiary/aromatic N) is 2. The second-order valence-corrected chi connectivity index (χ2v) is 19.2. The molecule has 0 amide bonds. The van der Waals surface area contributed by atoms with Crippen LogP contribution in [-0.2, 0) is 5.41 Å². The van der Waals surface area contributed by atoms with E-state index >= 15 is 0 Å². The van der Waals surface area contributed by atoms with Crippen LogP contribution in [0.4, 0.5) is 34.1 Å². The molecule has 0 saturated carbocycles. The van der Waals surface area contributed by atoms with Crippen molar-refractivity contribution < 1.29 is 0 Å². The van der Waals surface area contributed by atoms with E-state index in [1.807, 2.05) is 0 Å². The third-order valence-electron chi connectivity index (χ3n) is 11.5. The molecule has 3 aliphatic rings. The summed E-state index contributed by atoms with van der Waals surface area (Å²) in [4.78, 5) is 5.19. The smallest absolute Gasteiger partial charge is 0.252 e. The molecule has 0 atom stereocenters. The molecule has 0 spiro atoms.